The SMILES string of the molecule is CCCc1ccc(C(NC)C2CC3CCC(C2)N3C)cc1. The Morgan fingerprint density at radius 1 is 1.14 bits per heavy atom. The van der Waals surface area contributed by atoms with Crippen LogP contribution in [0.5, 0.6) is 0 Å². The van der Waals surface area contributed by atoms with Crippen molar-refractivity contribution in [2.75, 3.05) is 14.1 Å². The highest BCUT2D eigenvalue weighted by molar-refractivity contribution is 5.26. The molecule has 2 aliphatic rings. The second-order valence-corrected chi connectivity index (χ2v) is 7.04. The van der Waals surface area contributed by atoms with Crippen molar-refractivity contribution < 1.29 is 0 Å². The van der Waals surface area contributed by atoms with Gasteiger partial charge in [-0.05, 0) is 63.2 Å². The molecule has 2 nitrogen and oxygen atoms in total. The van der Waals surface area contributed by atoms with Gasteiger partial charge in [0.15, 0.2) is 0 Å². The molecule has 2 heteroatoms. The van der Waals surface area contributed by atoms with Crippen LogP contribution in [0.1, 0.15) is 56.2 Å². The summed E-state index contributed by atoms with van der Waals surface area (Å²) in [5, 5.41) is 3.60. The van der Waals surface area contributed by atoms with Crippen molar-refractivity contribution in [1.29, 1.82) is 0 Å². The van der Waals surface area contributed by atoms with Crippen molar-refractivity contribution in [3.05, 3.63) is 35.4 Å². The molecule has 0 amide bonds. The Bertz CT molecular complexity index is 439. The molecule has 2 bridgehead atoms. The number of nitrogens with zero attached hydrogens (tertiary/aromatic N) is 1. The number of piperidine rings is 1. The van der Waals surface area contributed by atoms with Crippen molar-refractivity contribution in [2.24, 2.45) is 5.92 Å². The lowest BCUT2D eigenvalue weighted by Gasteiger charge is -2.40. The average Bonchev–Trinajstić information content (AvgIpc) is 2.72. The molecule has 0 saturated carbocycles. The smallest absolute Gasteiger partial charge is 0.0347 e. The van der Waals surface area contributed by atoms with E-state index in [1.54, 1.807) is 0 Å². The van der Waals surface area contributed by atoms with Gasteiger partial charge in [0.1, 0.15) is 0 Å². The van der Waals surface area contributed by atoms with Crippen LogP contribution in [0.4, 0.5) is 0 Å². The summed E-state index contributed by atoms with van der Waals surface area (Å²) in [6.07, 6.45) is 7.95. The van der Waals surface area contributed by atoms with Gasteiger partial charge in [0.2, 0.25) is 0 Å². The fraction of sp³-hybridized carbons (Fsp3) is 0.684. The van der Waals surface area contributed by atoms with E-state index in [0.717, 1.165) is 18.0 Å². The van der Waals surface area contributed by atoms with Crippen LogP contribution in [-0.2, 0) is 6.42 Å². The van der Waals surface area contributed by atoms with Gasteiger partial charge in [0.25, 0.3) is 0 Å². The van der Waals surface area contributed by atoms with E-state index in [1.807, 2.05) is 0 Å². The summed E-state index contributed by atoms with van der Waals surface area (Å²) in [6, 6.07) is 11.5. The largest absolute Gasteiger partial charge is 0.313 e. The number of rotatable bonds is 5. The van der Waals surface area contributed by atoms with Gasteiger partial charge in [0.05, 0.1) is 0 Å². The summed E-state index contributed by atoms with van der Waals surface area (Å²) in [5.74, 6) is 0.792. The first-order valence-electron chi connectivity index (χ1n) is 8.71. The summed E-state index contributed by atoms with van der Waals surface area (Å²) < 4.78 is 0. The highest BCUT2D eigenvalue weighted by atomic mass is 15.2. The van der Waals surface area contributed by atoms with E-state index in [1.165, 1.54) is 49.7 Å². The van der Waals surface area contributed by atoms with Crippen molar-refractivity contribution in [1.82, 2.24) is 10.2 Å². The zero-order valence-corrected chi connectivity index (χ0v) is 13.8. The highest BCUT2D eigenvalue weighted by Gasteiger charge is 2.40. The second-order valence-electron chi connectivity index (χ2n) is 7.04. The molecule has 0 radical (unpaired) electrons. The number of nitrogens with one attached hydrogen (secondary N) is 1. The molecule has 0 spiro atoms. The molecule has 2 heterocycles. The first kappa shape index (κ1) is 15.1. The molecule has 3 rings (SSSR count). The Kier molecular flexibility index (Phi) is 4.66. The van der Waals surface area contributed by atoms with Crippen LogP contribution >= 0.6 is 0 Å². The van der Waals surface area contributed by atoms with E-state index >= 15 is 0 Å². The predicted molar refractivity (Wildman–Crippen MR) is 89.5 cm³/mol. The molecule has 21 heavy (non-hydrogen) atoms. The average molecular weight is 286 g/mol. The fourth-order valence-electron chi connectivity index (χ4n) is 4.58. The Labute approximate surface area is 129 Å². The molecule has 1 aromatic carbocycles. The first-order chi connectivity index (χ1) is 10.2. The maximum Gasteiger partial charge on any atom is 0.0347 e. The lowest BCUT2D eigenvalue weighted by atomic mass is 9.82. The summed E-state index contributed by atoms with van der Waals surface area (Å²) in [4.78, 5) is 2.63. The normalized spacial score (nSPS) is 30.5. The van der Waals surface area contributed by atoms with E-state index in [2.05, 4.69) is 55.5 Å². The lowest BCUT2D eigenvalue weighted by molar-refractivity contribution is 0.114. The summed E-state index contributed by atoms with van der Waals surface area (Å²) >= 11 is 0. The standard InChI is InChI=1S/C19H30N2/c1-4-5-14-6-8-15(9-7-14)19(20-2)16-12-17-10-11-18(13-16)21(17)3/h6-9,16-20H,4-5,10-13H2,1-3H3. The van der Waals surface area contributed by atoms with E-state index < -0.39 is 0 Å². The number of fused-ring (bicyclic) bond motifs is 2. The van der Waals surface area contributed by atoms with E-state index in [9.17, 15) is 0 Å². The van der Waals surface area contributed by atoms with Gasteiger partial charge in [-0.1, -0.05) is 37.6 Å². The van der Waals surface area contributed by atoms with Crippen molar-refractivity contribution >= 4 is 0 Å². The molecule has 2 aliphatic heterocycles. The summed E-state index contributed by atoms with van der Waals surface area (Å²) in [5.41, 5.74) is 2.95. The Balaban J connectivity index is 1.73. The minimum absolute atomic E-state index is 0.525. The maximum absolute atomic E-state index is 3.60. The Hall–Kier alpha value is -0.860. The van der Waals surface area contributed by atoms with Gasteiger partial charge in [-0.25, -0.2) is 0 Å². The minimum atomic E-state index is 0.525. The van der Waals surface area contributed by atoms with Crippen LogP contribution in [-0.4, -0.2) is 31.1 Å². The number of hydrogen-bond acceptors (Lipinski definition) is 2. The topological polar surface area (TPSA) is 15.3 Å². The third-order valence-corrected chi connectivity index (χ3v) is 5.79. The Morgan fingerprint density at radius 3 is 2.29 bits per heavy atom. The predicted octanol–water partition coefficient (Wildman–Crippen LogP) is 3.77. The quantitative estimate of drug-likeness (QED) is 0.886. The summed E-state index contributed by atoms with van der Waals surface area (Å²) in [7, 11) is 4.46. The van der Waals surface area contributed by atoms with Gasteiger partial charge in [-0.2, -0.15) is 0 Å². The second kappa shape index (κ2) is 6.50. The Morgan fingerprint density at radius 2 is 1.76 bits per heavy atom. The van der Waals surface area contributed by atoms with Crippen LogP contribution in [0.2, 0.25) is 0 Å². The van der Waals surface area contributed by atoms with Crippen LogP contribution in [0.15, 0.2) is 24.3 Å². The molecular weight excluding hydrogens is 256 g/mol. The number of benzene rings is 1. The minimum Gasteiger partial charge on any atom is -0.313 e. The van der Waals surface area contributed by atoms with Gasteiger partial charge >= 0.3 is 0 Å². The van der Waals surface area contributed by atoms with Gasteiger partial charge in [0, 0.05) is 18.1 Å². The molecule has 3 unspecified atom stereocenters. The number of hydrogen-bond donors (Lipinski definition) is 1. The van der Waals surface area contributed by atoms with Crippen LogP contribution in [0.25, 0.3) is 0 Å². The maximum atomic E-state index is 3.60. The van der Waals surface area contributed by atoms with Gasteiger partial charge in [-0.3, -0.25) is 0 Å². The van der Waals surface area contributed by atoms with Crippen LogP contribution in [0, 0.1) is 5.92 Å². The molecule has 2 saturated heterocycles. The fourth-order valence-corrected chi connectivity index (χ4v) is 4.58. The highest BCUT2D eigenvalue weighted by Crippen LogP contribution is 2.42. The molecular formula is C19H30N2. The zero-order chi connectivity index (χ0) is 14.8. The van der Waals surface area contributed by atoms with Crippen LogP contribution < -0.4 is 5.32 Å². The first-order valence-corrected chi connectivity index (χ1v) is 8.71. The monoisotopic (exact) mass is 286 g/mol. The molecule has 0 aliphatic carbocycles. The lowest BCUT2D eigenvalue weighted by Crippen LogP contribution is -2.43. The molecule has 1 N–H and O–H groups in total. The molecule has 2 fully saturated rings. The van der Waals surface area contributed by atoms with Gasteiger partial charge < -0.3 is 10.2 Å². The molecule has 3 atom stereocenters. The van der Waals surface area contributed by atoms with Crippen molar-refractivity contribution in [2.45, 2.75) is 63.6 Å². The third kappa shape index (κ3) is 3.02. The van der Waals surface area contributed by atoms with E-state index in [0.29, 0.717) is 6.04 Å². The van der Waals surface area contributed by atoms with E-state index in [-0.39, 0.29) is 0 Å². The van der Waals surface area contributed by atoms with Crippen LogP contribution in [0.3, 0.4) is 0 Å². The summed E-state index contributed by atoms with van der Waals surface area (Å²) in [6.45, 7) is 2.25. The molecule has 116 valence electrons. The number of aryl methyl sites for hydroxylation is 1. The van der Waals surface area contributed by atoms with Gasteiger partial charge in [-0.15, -0.1) is 0 Å². The van der Waals surface area contributed by atoms with Crippen molar-refractivity contribution in [3.63, 3.8) is 0 Å². The molecule has 1 aromatic rings. The third-order valence-electron chi connectivity index (χ3n) is 5.79. The van der Waals surface area contributed by atoms with E-state index in [4.69, 9.17) is 0 Å². The van der Waals surface area contributed by atoms with Crippen molar-refractivity contribution in [3.8, 4) is 0 Å². The molecule has 0 aromatic heterocycles. The zero-order valence-electron chi connectivity index (χ0n) is 13.8.